The molecule has 2 atom stereocenters. The van der Waals surface area contributed by atoms with Gasteiger partial charge in [0, 0.05) is 18.7 Å². The van der Waals surface area contributed by atoms with Crippen molar-refractivity contribution in [2.45, 2.75) is 46.0 Å². The van der Waals surface area contributed by atoms with Gasteiger partial charge >= 0.3 is 6.18 Å². The van der Waals surface area contributed by atoms with E-state index in [9.17, 15) is 18.3 Å². The van der Waals surface area contributed by atoms with Crippen molar-refractivity contribution in [2.24, 2.45) is 5.92 Å². The predicted octanol–water partition coefficient (Wildman–Crippen LogP) is 6.06. The molecule has 0 radical (unpaired) electrons. The molecule has 0 aliphatic carbocycles. The highest BCUT2D eigenvalue weighted by molar-refractivity contribution is 5.58. The van der Waals surface area contributed by atoms with Crippen LogP contribution in [0.3, 0.4) is 0 Å². The standard InChI is InChI=1S/C24H28F3NO2/c1-4-18-11-12-28(14-16(2)22(18)13-17(3)29)15-21-9-10-23(30-21)19-5-7-20(8-6-19)24(25,26)27/h4-10,13,16-17,29H,11-12,14-15H2,1-3H3/b18-4-,22-13-. The summed E-state index contributed by atoms with van der Waals surface area (Å²) in [5, 5.41) is 9.81. The zero-order valence-corrected chi connectivity index (χ0v) is 17.5. The molecule has 0 spiro atoms. The molecule has 1 fully saturated rings. The van der Waals surface area contributed by atoms with Gasteiger partial charge < -0.3 is 9.52 Å². The first-order valence-electron chi connectivity index (χ1n) is 10.2. The Balaban J connectivity index is 1.71. The predicted molar refractivity (Wildman–Crippen MR) is 112 cm³/mol. The van der Waals surface area contributed by atoms with E-state index < -0.39 is 17.8 Å². The molecule has 2 aromatic rings. The largest absolute Gasteiger partial charge is 0.460 e. The van der Waals surface area contributed by atoms with Crippen molar-refractivity contribution in [3.63, 3.8) is 0 Å². The molecule has 1 aliphatic rings. The van der Waals surface area contributed by atoms with Crippen LogP contribution < -0.4 is 0 Å². The molecule has 162 valence electrons. The van der Waals surface area contributed by atoms with Crippen LogP contribution in [0.15, 0.2) is 64.1 Å². The molecule has 30 heavy (non-hydrogen) atoms. The highest BCUT2D eigenvalue weighted by Gasteiger charge is 2.30. The topological polar surface area (TPSA) is 36.6 Å². The maximum atomic E-state index is 12.8. The molecule has 1 aromatic heterocycles. The summed E-state index contributed by atoms with van der Waals surface area (Å²) < 4.78 is 44.2. The van der Waals surface area contributed by atoms with E-state index >= 15 is 0 Å². The van der Waals surface area contributed by atoms with Crippen molar-refractivity contribution in [2.75, 3.05) is 13.1 Å². The fourth-order valence-electron chi connectivity index (χ4n) is 3.96. The fourth-order valence-corrected chi connectivity index (χ4v) is 3.96. The maximum Gasteiger partial charge on any atom is 0.416 e. The van der Waals surface area contributed by atoms with Crippen molar-refractivity contribution in [1.82, 2.24) is 4.90 Å². The Labute approximate surface area is 175 Å². The van der Waals surface area contributed by atoms with E-state index in [-0.39, 0.29) is 5.92 Å². The number of halogens is 3. The lowest BCUT2D eigenvalue weighted by atomic mass is 9.92. The third kappa shape index (κ3) is 5.43. The molecule has 1 N–H and O–H groups in total. The summed E-state index contributed by atoms with van der Waals surface area (Å²) in [5.74, 6) is 1.62. The third-order valence-corrected chi connectivity index (χ3v) is 5.44. The van der Waals surface area contributed by atoms with Crippen molar-refractivity contribution < 1.29 is 22.7 Å². The van der Waals surface area contributed by atoms with Gasteiger partial charge in [-0.2, -0.15) is 13.2 Å². The Hall–Kier alpha value is -2.31. The van der Waals surface area contributed by atoms with Gasteiger partial charge in [0.2, 0.25) is 0 Å². The van der Waals surface area contributed by atoms with Crippen LogP contribution in [-0.2, 0) is 12.7 Å². The Morgan fingerprint density at radius 3 is 2.50 bits per heavy atom. The second-order valence-electron chi connectivity index (χ2n) is 7.90. The number of likely N-dealkylation sites (tertiary alicyclic amines) is 1. The van der Waals surface area contributed by atoms with E-state index in [1.165, 1.54) is 23.3 Å². The second-order valence-corrected chi connectivity index (χ2v) is 7.90. The van der Waals surface area contributed by atoms with Gasteiger partial charge in [0.25, 0.3) is 0 Å². The number of furan rings is 1. The van der Waals surface area contributed by atoms with Crippen LogP contribution in [0, 0.1) is 5.92 Å². The van der Waals surface area contributed by atoms with Crippen molar-refractivity contribution in [3.8, 4) is 11.3 Å². The monoisotopic (exact) mass is 419 g/mol. The minimum absolute atomic E-state index is 0.276. The summed E-state index contributed by atoms with van der Waals surface area (Å²) in [4.78, 5) is 2.31. The van der Waals surface area contributed by atoms with Gasteiger partial charge in [0.05, 0.1) is 18.2 Å². The van der Waals surface area contributed by atoms with Gasteiger partial charge in [-0.1, -0.05) is 31.2 Å². The summed E-state index contributed by atoms with van der Waals surface area (Å²) in [6.45, 7) is 8.29. The molecule has 2 heterocycles. The molecule has 0 saturated carbocycles. The minimum atomic E-state index is -4.34. The Morgan fingerprint density at radius 2 is 1.90 bits per heavy atom. The molecular formula is C24H28F3NO2. The molecule has 6 heteroatoms. The Kier molecular flexibility index (Phi) is 6.88. The third-order valence-electron chi connectivity index (χ3n) is 5.44. The van der Waals surface area contributed by atoms with Crippen LogP contribution >= 0.6 is 0 Å². The van der Waals surface area contributed by atoms with Crippen molar-refractivity contribution in [1.29, 1.82) is 0 Å². The van der Waals surface area contributed by atoms with Crippen LogP contribution in [0.5, 0.6) is 0 Å². The quantitative estimate of drug-likeness (QED) is 0.654. The summed E-state index contributed by atoms with van der Waals surface area (Å²) >= 11 is 0. The number of hydrogen-bond donors (Lipinski definition) is 1. The summed E-state index contributed by atoms with van der Waals surface area (Å²) in [6, 6.07) is 8.70. The number of allylic oxidation sites excluding steroid dienone is 1. The van der Waals surface area contributed by atoms with Crippen molar-refractivity contribution in [3.05, 3.63) is 71.0 Å². The van der Waals surface area contributed by atoms with Crippen LogP contribution in [0.2, 0.25) is 0 Å². The minimum Gasteiger partial charge on any atom is -0.460 e. The molecule has 1 aliphatic heterocycles. The maximum absolute atomic E-state index is 12.8. The van der Waals surface area contributed by atoms with E-state index in [0.29, 0.717) is 17.9 Å². The normalized spacial score (nSPS) is 22.4. The average Bonchev–Trinajstić information content (AvgIpc) is 3.09. The van der Waals surface area contributed by atoms with E-state index in [2.05, 4.69) is 17.9 Å². The van der Waals surface area contributed by atoms with Crippen molar-refractivity contribution >= 4 is 0 Å². The van der Waals surface area contributed by atoms with Crippen LogP contribution in [0.4, 0.5) is 13.2 Å². The molecule has 3 rings (SSSR count). The zero-order valence-electron chi connectivity index (χ0n) is 17.5. The number of benzene rings is 1. The lowest BCUT2D eigenvalue weighted by molar-refractivity contribution is -0.137. The number of nitrogens with zero attached hydrogens (tertiary/aromatic N) is 1. The van der Waals surface area contributed by atoms with E-state index in [1.54, 1.807) is 13.0 Å². The van der Waals surface area contributed by atoms with Gasteiger partial charge in [-0.25, -0.2) is 0 Å². The number of alkyl halides is 3. The fraction of sp³-hybridized carbons (Fsp3) is 0.417. The summed E-state index contributed by atoms with van der Waals surface area (Å²) in [5.41, 5.74) is 2.41. The molecule has 1 aromatic carbocycles. The smallest absolute Gasteiger partial charge is 0.416 e. The molecule has 0 bridgehead atoms. The van der Waals surface area contributed by atoms with Crippen LogP contribution in [0.1, 0.15) is 38.5 Å². The molecule has 2 unspecified atom stereocenters. The summed E-state index contributed by atoms with van der Waals surface area (Å²) in [6.07, 6.45) is 0.109. The van der Waals surface area contributed by atoms with E-state index in [1.807, 2.05) is 19.1 Å². The van der Waals surface area contributed by atoms with Gasteiger partial charge in [-0.15, -0.1) is 0 Å². The average molecular weight is 419 g/mol. The van der Waals surface area contributed by atoms with Crippen LogP contribution in [-0.4, -0.2) is 29.2 Å². The number of rotatable bonds is 4. The zero-order chi connectivity index (χ0) is 21.9. The number of aliphatic hydroxyl groups is 1. The first-order valence-corrected chi connectivity index (χ1v) is 10.2. The van der Waals surface area contributed by atoms with Gasteiger partial charge in [0.1, 0.15) is 11.5 Å². The molecular weight excluding hydrogens is 391 g/mol. The lowest BCUT2D eigenvalue weighted by Gasteiger charge is -2.22. The molecule has 3 nitrogen and oxygen atoms in total. The first kappa shape index (κ1) is 22.4. The highest BCUT2D eigenvalue weighted by atomic mass is 19.4. The number of hydrogen-bond acceptors (Lipinski definition) is 3. The lowest BCUT2D eigenvalue weighted by Crippen LogP contribution is -2.27. The summed E-state index contributed by atoms with van der Waals surface area (Å²) in [7, 11) is 0. The highest BCUT2D eigenvalue weighted by Crippen LogP contribution is 2.32. The second kappa shape index (κ2) is 9.23. The first-order chi connectivity index (χ1) is 14.2. The Morgan fingerprint density at radius 1 is 1.20 bits per heavy atom. The molecule has 0 amide bonds. The van der Waals surface area contributed by atoms with E-state index in [0.717, 1.165) is 37.4 Å². The SMILES string of the molecule is C/C=C1/CCN(Cc2ccc(-c3ccc(C(F)(F)F)cc3)o2)CC(C)/C1=C/C(C)O. The van der Waals surface area contributed by atoms with E-state index in [4.69, 9.17) is 4.42 Å². The Bertz CT molecular complexity index is 907. The van der Waals surface area contributed by atoms with Gasteiger partial charge in [-0.05, 0) is 61.6 Å². The van der Waals surface area contributed by atoms with Gasteiger partial charge in [-0.3, -0.25) is 4.90 Å². The van der Waals surface area contributed by atoms with Gasteiger partial charge in [0.15, 0.2) is 0 Å². The van der Waals surface area contributed by atoms with Crippen LogP contribution in [0.25, 0.3) is 11.3 Å². The molecule has 1 saturated heterocycles. The number of aliphatic hydroxyl groups excluding tert-OH is 1.